The summed E-state index contributed by atoms with van der Waals surface area (Å²) in [5, 5.41) is 4.54. The molecule has 0 saturated carbocycles. The highest BCUT2D eigenvalue weighted by Crippen LogP contribution is 2.27. The molecule has 0 amide bonds. The lowest BCUT2D eigenvalue weighted by Gasteiger charge is -2.34. The number of likely N-dealkylation sites (tertiary alicyclic amines) is 1. The van der Waals surface area contributed by atoms with E-state index in [1.54, 1.807) is 18.2 Å². The number of halogens is 2. The van der Waals surface area contributed by atoms with Crippen LogP contribution in [0.5, 0.6) is 5.75 Å². The number of rotatable bonds is 7. The number of ether oxygens (including phenoxy) is 2. The van der Waals surface area contributed by atoms with Crippen molar-refractivity contribution in [1.82, 2.24) is 10.2 Å². The molecule has 1 heterocycles. The first-order chi connectivity index (χ1) is 12.1. The van der Waals surface area contributed by atoms with Crippen LogP contribution >= 0.6 is 23.2 Å². The Balaban J connectivity index is 1.66. The number of nitrogens with one attached hydrogen (secondary N) is 1. The molecular weight excluding hydrogens is 361 g/mol. The highest BCUT2D eigenvalue weighted by molar-refractivity contribution is 6.35. The Bertz CT molecular complexity index is 561. The lowest BCUT2D eigenvalue weighted by Crippen LogP contribution is -2.47. The molecule has 1 aliphatic rings. The van der Waals surface area contributed by atoms with Gasteiger partial charge < -0.3 is 19.7 Å². The van der Waals surface area contributed by atoms with Gasteiger partial charge in [-0.2, -0.15) is 0 Å². The van der Waals surface area contributed by atoms with E-state index in [4.69, 9.17) is 32.7 Å². The van der Waals surface area contributed by atoms with Gasteiger partial charge in [-0.05, 0) is 44.4 Å². The maximum Gasteiger partial charge on any atom is 0.193 e. The van der Waals surface area contributed by atoms with Gasteiger partial charge >= 0.3 is 0 Å². The largest absolute Gasteiger partial charge is 0.492 e. The van der Waals surface area contributed by atoms with Gasteiger partial charge in [0.25, 0.3) is 0 Å². The molecule has 140 valence electrons. The van der Waals surface area contributed by atoms with Crippen LogP contribution in [0.25, 0.3) is 0 Å². The molecular formula is C18H27Cl2N3O2. The summed E-state index contributed by atoms with van der Waals surface area (Å²) in [4.78, 5) is 6.66. The third kappa shape index (κ3) is 6.57. The van der Waals surface area contributed by atoms with Gasteiger partial charge in [-0.15, -0.1) is 0 Å². The van der Waals surface area contributed by atoms with Crippen LogP contribution in [-0.2, 0) is 4.74 Å². The first-order valence-electron chi connectivity index (χ1n) is 8.79. The van der Waals surface area contributed by atoms with Crippen molar-refractivity contribution < 1.29 is 9.47 Å². The molecule has 0 bridgehead atoms. The second-order valence-corrected chi connectivity index (χ2v) is 6.74. The minimum Gasteiger partial charge on any atom is -0.492 e. The lowest BCUT2D eigenvalue weighted by molar-refractivity contribution is 0.0264. The summed E-state index contributed by atoms with van der Waals surface area (Å²) in [5.74, 6) is 1.60. The van der Waals surface area contributed by atoms with Crippen LogP contribution in [0.2, 0.25) is 10.0 Å². The van der Waals surface area contributed by atoms with Crippen LogP contribution in [0.4, 0.5) is 0 Å². The van der Waals surface area contributed by atoms with E-state index < -0.39 is 0 Å². The molecule has 2 rings (SSSR count). The molecule has 1 N–H and O–H groups in total. The maximum absolute atomic E-state index is 6.09. The molecule has 1 aliphatic heterocycles. The van der Waals surface area contributed by atoms with Crippen LogP contribution in [0.15, 0.2) is 23.2 Å². The number of nitrogens with zero attached hydrogens (tertiary/aromatic N) is 2. The van der Waals surface area contributed by atoms with E-state index >= 15 is 0 Å². The van der Waals surface area contributed by atoms with Crippen LogP contribution in [0.3, 0.4) is 0 Å². The molecule has 1 fully saturated rings. The summed E-state index contributed by atoms with van der Waals surface area (Å²) in [5.41, 5.74) is 0. The van der Waals surface area contributed by atoms with Gasteiger partial charge in [0.1, 0.15) is 5.75 Å². The van der Waals surface area contributed by atoms with Crippen LogP contribution in [0, 0.1) is 0 Å². The zero-order valence-corrected chi connectivity index (χ0v) is 16.4. The zero-order valence-electron chi connectivity index (χ0n) is 14.9. The highest BCUT2D eigenvalue weighted by atomic mass is 35.5. The highest BCUT2D eigenvalue weighted by Gasteiger charge is 2.21. The standard InChI is InChI=1S/C18H27Cl2N3O2/c1-3-24-15-7-10-23(11-8-15)18(21-2)22-9-4-12-25-17-6-5-14(19)13-16(17)20/h5-6,13,15H,3-4,7-12H2,1-2H3,(H,21,22). The second-order valence-electron chi connectivity index (χ2n) is 5.89. The minimum absolute atomic E-state index is 0.386. The van der Waals surface area contributed by atoms with E-state index in [0.29, 0.717) is 28.5 Å². The fourth-order valence-electron chi connectivity index (χ4n) is 2.85. The lowest BCUT2D eigenvalue weighted by atomic mass is 10.1. The topological polar surface area (TPSA) is 46.1 Å². The van der Waals surface area contributed by atoms with Crippen molar-refractivity contribution in [3.05, 3.63) is 28.2 Å². The van der Waals surface area contributed by atoms with Crippen molar-refractivity contribution in [2.45, 2.75) is 32.3 Å². The summed E-state index contributed by atoms with van der Waals surface area (Å²) >= 11 is 12.0. The van der Waals surface area contributed by atoms with Crippen LogP contribution in [-0.4, -0.2) is 56.9 Å². The Kier molecular flexibility index (Phi) is 8.65. The van der Waals surface area contributed by atoms with Crippen molar-refractivity contribution in [2.24, 2.45) is 4.99 Å². The average molecular weight is 388 g/mol. The van der Waals surface area contributed by atoms with E-state index in [-0.39, 0.29) is 0 Å². The van der Waals surface area contributed by atoms with Crippen molar-refractivity contribution in [3.63, 3.8) is 0 Å². The molecule has 0 unspecified atom stereocenters. The summed E-state index contributed by atoms with van der Waals surface area (Å²) in [7, 11) is 1.82. The zero-order chi connectivity index (χ0) is 18.1. The summed E-state index contributed by atoms with van der Waals surface area (Å²) < 4.78 is 11.4. The predicted octanol–water partition coefficient (Wildman–Crippen LogP) is 3.84. The second kappa shape index (κ2) is 10.7. The molecule has 1 aromatic carbocycles. The number of piperidine rings is 1. The Morgan fingerprint density at radius 2 is 2.08 bits per heavy atom. The third-order valence-electron chi connectivity index (χ3n) is 4.11. The molecule has 0 radical (unpaired) electrons. The molecule has 7 heteroatoms. The average Bonchev–Trinajstić information content (AvgIpc) is 2.61. The van der Waals surface area contributed by atoms with Crippen molar-refractivity contribution in [1.29, 1.82) is 0 Å². The first-order valence-corrected chi connectivity index (χ1v) is 9.54. The van der Waals surface area contributed by atoms with Crippen LogP contribution < -0.4 is 10.1 Å². The Morgan fingerprint density at radius 1 is 1.32 bits per heavy atom. The smallest absolute Gasteiger partial charge is 0.193 e. The monoisotopic (exact) mass is 387 g/mol. The van der Waals surface area contributed by atoms with Crippen LogP contribution in [0.1, 0.15) is 26.2 Å². The van der Waals surface area contributed by atoms with E-state index in [9.17, 15) is 0 Å². The van der Waals surface area contributed by atoms with Gasteiger partial charge in [-0.3, -0.25) is 4.99 Å². The molecule has 25 heavy (non-hydrogen) atoms. The normalized spacial score (nSPS) is 16.2. The fraction of sp³-hybridized carbons (Fsp3) is 0.611. The van der Waals surface area contributed by atoms with Gasteiger partial charge in [0, 0.05) is 38.3 Å². The van der Waals surface area contributed by atoms with Gasteiger partial charge in [-0.1, -0.05) is 23.2 Å². The van der Waals surface area contributed by atoms with Gasteiger partial charge in [0.05, 0.1) is 17.7 Å². The minimum atomic E-state index is 0.386. The Morgan fingerprint density at radius 3 is 2.72 bits per heavy atom. The summed E-state index contributed by atoms with van der Waals surface area (Å²) in [6.45, 7) is 6.16. The maximum atomic E-state index is 6.09. The Labute approximate surface area is 160 Å². The summed E-state index contributed by atoms with van der Waals surface area (Å²) in [6.07, 6.45) is 3.34. The Hall–Kier alpha value is -1.17. The van der Waals surface area contributed by atoms with Gasteiger partial charge in [0.15, 0.2) is 5.96 Å². The van der Waals surface area contributed by atoms with Crippen molar-refractivity contribution >= 4 is 29.2 Å². The quantitative estimate of drug-likeness (QED) is 0.438. The van der Waals surface area contributed by atoms with E-state index in [2.05, 4.69) is 15.2 Å². The van der Waals surface area contributed by atoms with E-state index in [1.165, 1.54) is 0 Å². The van der Waals surface area contributed by atoms with Crippen molar-refractivity contribution in [3.8, 4) is 5.75 Å². The summed E-state index contributed by atoms with van der Waals surface area (Å²) in [6, 6.07) is 5.25. The molecule has 1 aromatic rings. The van der Waals surface area contributed by atoms with Gasteiger partial charge in [-0.25, -0.2) is 0 Å². The van der Waals surface area contributed by atoms with Crippen molar-refractivity contribution in [2.75, 3.05) is 39.9 Å². The van der Waals surface area contributed by atoms with E-state index in [1.807, 2.05) is 14.0 Å². The molecule has 0 spiro atoms. The van der Waals surface area contributed by atoms with E-state index in [0.717, 1.165) is 51.5 Å². The fourth-order valence-corrected chi connectivity index (χ4v) is 3.31. The predicted molar refractivity (Wildman–Crippen MR) is 104 cm³/mol. The number of aliphatic imine (C=N–C) groups is 1. The third-order valence-corrected chi connectivity index (χ3v) is 4.64. The number of guanidine groups is 1. The molecule has 0 aliphatic carbocycles. The number of benzene rings is 1. The molecule has 0 atom stereocenters. The number of hydrogen-bond acceptors (Lipinski definition) is 3. The SMILES string of the molecule is CCOC1CCN(C(=NC)NCCCOc2ccc(Cl)cc2Cl)CC1. The molecule has 0 aromatic heterocycles. The van der Waals surface area contributed by atoms with Gasteiger partial charge in [0.2, 0.25) is 0 Å². The molecule has 5 nitrogen and oxygen atoms in total. The first kappa shape index (κ1) is 20.1. The number of hydrogen-bond donors (Lipinski definition) is 1. The molecule has 1 saturated heterocycles.